The summed E-state index contributed by atoms with van der Waals surface area (Å²) in [6, 6.07) is 0.899. The Balaban J connectivity index is 1.94. The van der Waals surface area contributed by atoms with Crippen LogP contribution in [0.15, 0.2) is 0 Å². The van der Waals surface area contributed by atoms with Crippen LogP contribution in [0.25, 0.3) is 0 Å². The minimum Gasteiger partial charge on any atom is -0.311 e. The molecule has 1 aliphatic heterocycles. The number of likely N-dealkylation sites (N-methyl/N-ethyl adjacent to an activating group) is 1. The summed E-state index contributed by atoms with van der Waals surface area (Å²) >= 11 is 0. The van der Waals surface area contributed by atoms with Gasteiger partial charge in [-0.15, -0.1) is 0 Å². The van der Waals surface area contributed by atoms with E-state index in [0.717, 1.165) is 18.5 Å². The van der Waals surface area contributed by atoms with Crippen LogP contribution >= 0.6 is 0 Å². The third-order valence-electron chi connectivity index (χ3n) is 4.61. The summed E-state index contributed by atoms with van der Waals surface area (Å²) in [5, 5.41) is 3.62. The number of nitrogens with one attached hydrogen (secondary N) is 1. The van der Waals surface area contributed by atoms with Gasteiger partial charge in [-0.3, -0.25) is 4.90 Å². The van der Waals surface area contributed by atoms with E-state index in [4.69, 9.17) is 0 Å². The SMILES string of the molecule is CCNC(C)(C)CN1CCCC2CCCCC21. The van der Waals surface area contributed by atoms with E-state index in [-0.39, 0.29) is 5.54 Å². The third kappa shape index (κ3) is 3.45. The zero-order chi connectivity index (χ0) is 12.3. The van der Waals surface area contributed by atoms with E-state index >= 15 is 0 Å². The molecular weight excluding hydrogens is 208 g/mol. The lowest BCUT2D eigenvalue weighted by atomic mass is 9.78. The van der Waals surface area contributed by atoms with E-state index in [2.05, 4.69) is 31.0 Å². The molecule has 0 bridgehead atoms. The molecule has 17 heavy (non-hydrogen) atoms. The van der Waals surface area contributed by atoms with E-state index in [0.29, 0.717) is 0 Å². The molecule has 2 fully saturated rings. The summed E-state index contributed by atoms with van der Waals surface area (Å²) in [6.07, 6.45) is 8.78. The van der Waals surface area contributed by atoms with Crippen molar-refractivity contribution in [2.75, 3.05) is 19.6 Å². The predicted octanol–water partition coefficient (Wildman–Crippen LogP) is 3.03. The molecule has 0 aromatic heterocycles. The molecule has 2 rings (SSSR count). The van der Waals surface area contributed by atoms with Crippen LogP contribution in [0.3, 0.4) is 0 Å². The standard InChI is InChI=1S/C15H30N2/c1-4-16-15(2,3)12-17-11-7-9-13-8-5-6-10-14(13)17/h13-14,16H,4-12H2,1-3H3. The number of likely N-dealkylation sites (tertiary alicyclic amines) is 1. The lowest BCUT2D eigenvalue weighted by Crippen LogP contribution is -2.55. The van der Waals surface area contributed by atoms with Gasteiger partial charge >= 0.3 is 0 Å². The van der Waals surface area contributed by atoms with Gasteiger partial charge in [-0.05, 0) is 58.5 Å². The van der Waals surface area contributed by atoms with Gasteiger partial charge in [0.1, 0.15) is 0 Å². The van der Waals surface area contributed by atoms with Gasteiger partial charge in [0.15, 0.2) is 0 Å². The van der Waals surface area contributed by atoms with Crippen molar-refractivity contribution < 1.29 is 0 Å². The van der Waals surface area contributed by atoms with Crippen LogP contribution in [0, 0.1) is 5.92 Å². The summed E-state index contributed by atoms with van der Waals surface area (Å²) in [7, 11) is 0. The largest absolute Gasteiger partial charge is 0.311 e. The topological polar surface area (TPSA) is 15.3 Å². The van der Waals surface area contributed by atoms with Crippen LogP contribution < -0.4 is 5.32 Å². The molecule has 1 heterocycles. The molecule has 0 amide bonds. The number of fused-ring (bicyclic) bond motifs is 1. The second kappa shape index (κ2) is 5.71. The predicted molar refractivity (Wildman–Crippen MR) is 74.3 cm³/mol. The Bertz CT molecular complexity index is 235. The van der Waals surface area contributed by atoms with E-state index in [9.17, 15) is 0 Å². The molecule has 2 atom stereocenters. The minimum absolute atomic E-state index is 0.272. The summed E-state index contributed by atoms with van der Waals surface area (Å²) in [6.45, 7) is 10.5. The van der Waals surface area contributed by atoms with Crippen LogP contribution in [-0.2, 0) is 0 Å². The highest BCUT2D eigenvalue weighted by Gasteiger charge is 2.35. The summed E-state index contributed by atoms with van der Waals surface area (Å²) in [5.74, 6) is 1.01. The second-order valence-corrected chi connectivity index (χ2v) is 6.64. The highest BCUT2D eigenvalue weighted by atomic mass is 15.2. The van der Waals surface area contributed by atoms with Crippen molar-refractivity contribution in [1.29, 1.82) is 0 Å². The molecule has 100 valence electrons. The molecule has 2 aliphatic rings. The van der Waals surface area contributed by atoms with Crippen molar-refractivity contribution in [3.8, 4) is 0 Å². The first-order chi connectivity index (χ1) is 8.12. The number of piperidine rings is 1. The zero-order valence-electron chi connectivity index (χ0n) is 12.0. The van der Waals surface area contributed by atoms with E-state index in [1.807, 2.05) is 0 Å². The first kappa shape index (κ1) is 13.4. The Morgan fingerprint density at radius 2 is 1.82 bits per heavy atom. The Hall–Kier alpha value is -0.0800. The van der Waals surface area contributed by atoms with Crippen molar-refractivity contribution in [3.63, 3.8) is 0 Å². The quantitative estimate of drug-likeness (QED) is 0.810. The van der Waals surface area contributed by atoms with Crippen LogP contribution in [-0.4, -0.2) is 36.1 Å². The number of hydrogen-bond acceptors (Lipinski definition) is 2. The molecule has 2 nitrogen and oxygen atoms in total. The smallest absolute Gasteiger partial charge is 0.0252 e. The van der Waals surface area contributed by atoms with Crippen LogP contribution in [0.4, 0.5) is 0 Å². The molecule has 1 saturated heterocycles. The lowest BCUT2D eigenvalue weighted by Gasteiger charge is -2.47. The Morgan fingerprint density at radius 3 is 2.59 bits per heavy atom. The molecule has 0 aromatic rings. The monoisotopic (exact) mass is 238 g/mol. The van der Waals surface area contributed by atoms with Crippen LogP contribution in [0.2, 0.25) is 0 Å². The van der Waals surface area contributed by atoms with Gasteiger partial charge in [0, 0.05) is 18.1 Å². The zero-order valence-corrected chi connectivity index (χ0v) is 12.0. The molecule has 2 heteroatoms. The average molecular weight is 238 g/mol. The van der Waals surface area contributed by atoms with Gasteiger partial charge in [0.25, 0.3) is 0 Å². The van der Waals surface area contributed by atoms with Gasteiger partial charge in [0.2, 0.25) is 0 Å². The van der Waals surface area contributed by atoms with Gasteiger partial charge in [0.05, 0.1) is 0 Å². The summed E-state index contributed by atoms with van der Waals surface area (Å²) < 4.78 is 0. The highest BCUT2D eigenvalue weighted by molar-refractivity contribution is 4.91. The molecule has 0 spiro atoms. The minimum atomic E-state index is 0.272. The van der Waals surface area contributed by atoms with Crippen molar-refractivity contribution in [2.24, 2.45) is 5.92 Å². The van der Waals surface area contributed by atoms with Crippen molar-refractivity contribution in [2.45, 2.75) is 70.9 Å². The molecule has 1 saturated carbocycles. The molecule has 1 aliphatic carbocycles. The maximum absolute atomic E-state index is 3.62. The van der Waals surface area contributed by atoms with Gasteiger partial charge in [-0.1, -0.05) is 19.8 Å². The highest BCUT2D eigenvalue weighted by Crippen LogP contribution is 2.35. The Morgan fingerprint density at radius 1 is 1.12 bits per heavy atom. The van der Waals surface area contributed by atoms with E-state index in [1.165, 1.54) is 51.6 Å². The Kier molecular flexibility index (Phi) is 4.48. The lowest BCUT2D eigenvalue weighted by molar-refractivity contribution is 0.0418. The van der Waals surface area contributed by atoms with E-state index in [1.54, 1.807) is 0 Å². The van der Waals surface area contributed by atoms with Crippen molar-refractivity contribution in [3.05, 3.63) is 0 Å². The average Bonchev–Trinajstić information content (AvgIpc) is 2.29. The fraction of sp³-hybridized carbons (Fsp3) is 1.00. The van der Waals surface area contributed by atoms with Gasteiger partial charge in [-0.25, -0.2) is 0 Å². The molecule has 1 N–H and O–H groups in total. The van der Waals surface area contributed by atoms with Crippen LogP contribution in [0.1, 0.15) is 59.3 Å². The van der Waals surface area contributed by atoms with Crippen LogP contribution in [0.5, 0.6) is 0 Å². The second-order valence-electron chi connectivity index (χ2n) is 6.64. The Labute approximate surface area is 107 Å². The summed E-state index contributed by atoms with van der Waals surface area (Å²) in [4.78, 5) is 2.79. The normalized spacial score (nSPS) is 31.2. The molecule has 0 aromatic carbocycles. The number of rotatable bonds is 4. The van der Waals surface area contributed by atoms with Crippen molar-refractivity contribution in [1.82, 2.24) is 10.2 Å². The number of nitrogens with zero attached hydrogens (tertiary/aromatic N) is 1. The first-order valence-corrected chi connectivity index (χ1v) is 7.61. The summed E-state index contributed by atoms with van der Waals surface area (Å²) in [5.41, 5.74) is 0.272. The fourth-order valence-electron chi connectivity index (χ4n) is 3.97. The van der Waals surface area contributed by atoms with Gasteiger partial charge < -0.3 is 5.32 Å². The van der Waals surface area contributed by atoms with Gasteiger partial charge in [-0.2, -0.15) is 0 Å². The number of hydrogen-bond donors (Lipinski definition) is 1. The fourth-order valence-corrected chi connectivity index (χ4v) is 3.97. The first-order valence-electron chi connectivity index (χ1n) is 7.61. The maximum Gasteiger partial charge on any atom is 0.0252 e. The molecular formula is C15H30N2. The van der Waals surface area contributed by atoms with Crippen molar-refractivity contribution >= 4 is 0 Å². The maximum atomic E-state index is 3.62. The molecule has 0 radical (unpaired) electrons. The third-order valence-corrected chi connectivity index (χ3v) is 4.61. The molecule has 2 unspecified atom stereocenters. The van der Waals surface area contributed by atoms with E-state index < -0.39 is 0 Å².